The normalized spacial score (nSPS) is 11.3. The van der Waals surface area contributed by atoms with Gasteiger partial charge in [-0.25, -0.2) is 18.1 Å². The quantitative estimate of drug-likeness (QED) is 0.828. The first-order valence-corrected chi connectivity index (χ1v) is 8.20. The molecule has 0 atom stereocenters. The molecule has 2 aromatic rings. The molecule has 0 saturated heterocycles. The first kappa shape index (κ1) is 15.8. The van der Waals surface area contributed by atoms with E-state index in [2.05, 4.69) is 9.71 Å². The fourth-order valence-electron chi connectivity index (χ4n) is 1.69. The van der Waals surface area contributed by atoms with Crippen molar-refractivity contribution >= 4 is 21.6 Å². The predicted molar refractivity (Wildman–Crippen MR) is 80.9 cm³/mol. The van der Waals surface area contributed by atoms with E-state index < -0.39 is 10.0 Å². The van der Waals surface area contributed by atoms with E-state index in [9.17, 15) is 8.42 Å². The van der Waals surface area contributed by atoms with E-state index >= 15 is 0 Å². The number of rotatable bonds is 6. The molecule has 0 radical (unpaired) electrons. The molecular weight excluding hydrogens is 312 g/mol. The van der Waals surface area contributed by atoms with Crippen LogP contribution >= 0.6 is 11.6 Å². The Hall–Kier alpha value is -1.63. The minimum atomic E-state index is -3.61. The lowest BCUT2D eigenvalue weighted by molar-refractivity contribution is 0.340. The molecule has 112 valence electrons. The summed E-state index contributed by atoms with van der Waals surface area (Å²) in [7, 11) is -3.61. The Balaban J connectivity index is 2.08. The largest absolute Gasteiger partial charge is 0.494 e. The summed E-state index contributed by atoms with van der Waals surface area (Å²) in [4.78, 5) is 3.84. The van der Waals surface area contributed by atoms with Crippen molar-refractivity contribution in [3.05, 3.63) is 53.3 Å². The Labute approximate surface area is 129 Å². The molecular formula is C14H15ClN2O3S. The molecule has 1 aromatic carbocycles. The molecule has 21 heavy (non-hydrogen) atoms. The second kappa shape index (κ2) is 6.89. The number of pyridine rings is 1. The van der Waals surface area contributed by atoms with E-state index in [1.54, 1.807) is 6.07 Å². The van der Waals surface area contributed by atoms with Gasteiger partial charge in [0.1, 0.15) is 15.8 Å². The van der Waals surface area contributed by atoms with E-state index in [1.165, 1.54) is 18.3 Å². The zero-order chi connectivity index (χ0) is 15.3. The maximum Gasteiger partial charge on any atom is 0.242 e. The maximum atomic E-state index is 12.1. The van der Waals surface area contributed by atoms with Gasteiger partial charge in [0, 0.05) is 12.7 Å². The van der Waals surface area contributed by atoms with Gasteiger partial charge in [-0.05, 0) is 36.8 Å². The molecule has 5 nitrogen and oxygen atoms in total. The van der Waals surface area contributed by atoms with Crippen LogP contribution in [0.3, 0.4) is 0 Å². The standard InChI is InChI=1S/C14H15ClN2O3S/c1-2-20-12-5-3-4-11(8-12)9-17-21(18,19)13-6-7-14(15)16-10-13/h3-8,10,17H,2,9H2,1H3. The summed E-state index contributed by atoms with van der Waals surface area (Å²) >= 11 is 5.64. The summed E-state index contributed by atoms with van der Waals surface area (Å²) in [5.41, 5.74) is 0.812. The van der Waals surface area contributed by atoms with Crippen LogP contribution in [0.5, 0.6) is 5.75 Å². The van der Waals surface area contributed by atoms with Gasteiger partial charge >= 0.3 is 0 Å². The maximum absolute atomic E-state index is 12.1. The van der Waals surface area contributed by atoms with Crippen LogP contribution in [0, 0.1) is 0 Å². The van der Waals surface area contributed by atoms with Gasteiger partial charge in [0.15, 0.2) is 0 Å². The second-order valence-electron chi connectivity index (χ2n) is 4.22. The third-order valence-electron chi connectivity index (χ3n) is 2.69. The molecule has 0 aliphatic carbocycles. The highest BCUT2D eigenvalue weighted by Crippen LogP contribution is 2.15. The first-order valence-electron chi connectivity index (χ1n) is 6.34. The molecule has 0 amide bonds. The van der Waals surface area contributed by atoms with Gasteiger partial charge in [0.05, 0.1) is 6.61 Å². The van der Waals surface area contributed by atoms with Crippen molar-refractivity contribution in [3.8, 4) is 5.75 Å². The second-order valence-corrected chi connectivity index (χ2v) is 6.38. The van der Waals surface area contributed by atoms with Gasteiger partial charge in [0.25, 0.3) is 0 Å². The summed E-state index contributed by atoms with van der Waals surface area (Å²) in [5.74, 6) is 0.711. The minimum absolute atomic E-state index is 0.0767. The molecule has 0 spiro atoms. The Morgan fingerprint density at radius 1 is 1.29 bits per heavy atom. The van der Waals surface area contributed by atoms with Gasteiger partial charge in [-0.2, -0.15) is 0 Å². The van der Waals surface area contributed by atoms with Crippen molar-refractivity contribution in [1.29, 1.82) is 0 Å². The molecule has 7 heteroatoms. The van der Waals surface area contributed by atoms with Crippen molar-refractivity contribution in [2.45, 2.75) is 18.4 Å². The molecule has 0 aliphatic heterocycles. The molecule has 0 fully saturated rings. The highest BCUT2D eigenvalue weighted by atomic mass is 35.5. The number of nitrogens with one attached hydrogen (secondary N) is 1. The Morgan fingerprint density at radius 3 is 2.76 bits per heavy atom. The van der Waals surface area contributed by atoms with Crippen LogP contribution in [-0.4, -0.2) is 20.0 Å². The van der Waals surface area contributed by atoms with Crippen LogP contribution in [0.15, 0.2) is 47.5 Å². The molecule has 1 N–H and O–H groups in total. The summed E-state index contributed by atoms with van der Waals surface area (Å²) in [6, 6.07) is 10.1. The summed E-state index contributed by atoms with van der Waals surface area (Å²) in [5, 5.41) is 0.248. The molecule has 1 heterocycles. The lowest BCUT2D eigenvalue weighted by Gasteiger charge is -2.08. The molecule has 0 aliphatic rings. The van der Waals surface area contributed by atoms with Gasteiger partial charge in [0.2, 0.25) is 10.0 Å². The first-order chi connectivity index (χ1) is 10.0. The van der Waals surface area contributed by atoms with Crippen LogP contribution in [0.4, 0.5) is 0 Å². The zero-order valence-electron chi connectivity index (χ0n) is 11.4. The van der Waals surface area contributed by atoms with Gasteiger partial charge in [-0.1, -0.05) is 23.7 Å². The number of aromatic nitrogens is 1. The zero-order valence-corrected chi connectivity index (χ0v) is 13.0. The Morgan fingerprint density at radius 2 is 2.10 bits per heavy atom. The van der Waals surface area contributed by atoms with E-state index in [0.717, 1.165) is 5.56 Å². The van der Waals surface area contributed by atoms with Crippen molar-refractivity contribution < 1.29 is 13.2 Å². The number of benzene rings is 1. The highest BCUT2D eigenvalue weighted by Gasteiger charge is 2.14. The lowest BCUT2D eigenvalue weighted by Crippen LogP contribution is -2.23. The van der Waals surface area contributed by atoms with Crippen molar-refractivity contribution in [2.75, 3.05) is 6.61 Å². The van der Waals surface area contributed by atoms with Crippen LogP contribution in [-0.2, 0) is 16.6 Å². The number of ether oxygens (including phenoxy) is 1. The van der Waals surface area contributed by atoms with Crippen molar-refractivity contribution in [3.63, 3.8) is 0 Å². The van der Waals surface area contributed by atoms with E-state index in [4.69, 9.17) is 16.3 Å². The van der Waals surface area contributed by atoms with Gasteiger partial charge < -0.3 is 4.74 Å². The van der Waals surface area contributed by atoms with Gasteiger partial charge in [-0.3, -0.25) is 0 Å². The van der Waals surface area contributed by atoms with E-state index in [-0.39, 0.29) is 16.6 Å². The molecule has 0 bridgehead atoms. The topological polar surface area (TPSA) is 68.3 Å². The SMILES string of the molecule is CCOc1cccc(CNS(=O)(=O)c2ccc(Cl)nc2)c1. The fraction of sp³-hybridized carbons (Fsp3) is 0.214. The smallest absolute Gasteiger partial charge is 0.242 e. The third-order valence-corrected chi connectivity index (χ3v) is 4.30. The third kappa shape index (κ3) is 4.42. The Kier molecular flexibility index (Phi) is 5.17. The summed E-state index contributed by atoms with van der Waals surface area (Å²) in [6.45, 7) is 2.63. The Bertz CT molecular complexity index is 702. The number of nitrogens with zero attached hydrogens (tertiary/aromatic N) is 1. The summed E-state index contributed by atoms with van der Waals surface area (Å²) in [6.07, 6.45) is 1.22. The van der Waals surface area contributed by atoms with E-state index in [0.29, 0.717) is 12.4 Å². The van der Waals surface area contributed by atoms with Crippen LogP contribution in [0.1, 0.15) is 12.5 Å². The number of sulfonamides is 1. The number of halogens is 1. The fourth-order valence-corrected chi connectivity index (χ4v) is 2.77. The van der Waals surface area contributed by atoms with Gasteiger partial charge in [-0.15, -0.1) is 0 Å². The van der Waals surface area contributed by atoms with E-state index in [1.807, 2.05) is 25.1 Å². The molecule has 0 saturated carbocycles. The number of hydrogen-bond donors (Lipinski definition) is 1. The average molecular weight is 327 g/mol. The summed E-state index contributed by atoms with van der Waals surface area (Å²) < 4.78 is 32.1. The van der Waals surface area contributed by atoms with Crippen LogP contribution in [0.2, 0.25) is 5.15 Å². The lowest BCUT2D eigenvalue weighted by atomic mass is 10.2. The average Bonchev–Trinajstić information content (AvgIpc) is 2.47. The van der Waals surface area contributed by atoms with Crippen LogP contribution < -0.4 is 9.46 Å². The number of hydrogen-bond acceptors (Lipinski definition) is 4. The van der Waals surface area contributed by atoms with Crippen molar-refractivity contribution in [1.82, 2.24) is 9.71 Å². The van der Waals surface area contributed by atoms with Crippen molar-refractivity contribution in [2.24, 2.45) is 0 Å². The molecule has 2 rings (SSSR count). The molecule has 0 unspecified atom stereocenters. The predicted octanol–water partition coefficient (Wildman–Crippen LogP) is 2.61. The van der Waals surface area contributed by atoms with Crippen LogP contribution in [0.25, 0.3) is 0 Å². The highest BCUT2D eigenvalue weighted by molar-refractivity contribution is 7.89. The monoisotopic (exact) mass is 326 g/mol. The molecule has 1 aromatic heterocycles. The minimum Gasteiger partial charge on any atom is -0.494 e.